The van der Waals surface area contributed by atoms with Crippen LogP contribution >= 0.6 is 43.5 Å². The SMILES string of the molecule is CC(C)c1ccc(C(Br)c2cc(Cl)ccc2Br)cc1. The summed E-state index contributed by atoms with van der Waals surface area (Å²) in [5.74, 6) is 0.556. The van der Waals surface area contributed by atoms with Gasteiger partial charge in [0.2, 0.25) is 0 Å². The van der Waals surface area contributed by atoms with Gasteiger partial charge in [0.25, 0.3) is 0 Å². The molecule has 19 heavy (non-hydrogen) atoms. The fraction of sp³-hybridized carbons (Fsp3) is 0.250. The van der Waals surface area contributed by atoms with Crippen molar-refractivity contribution in [2.24, 2.45) is 0 Å². The third-order valence-electron chi connectivity index (χ3n) is 3.13. The Kier molecular flexibility index (Phi) is 5.10. The van der Waals surface area contributed by atoms with E-state index in [1.54, 1.807) is 0 Å². The maximum atomic E-state index is 6.07. The van der Waals surface area contributed by atoms with Crippen molar-refractivity contribution in [3.63, 3.8) is 0 Å². The van der Waals surface area contributed by atoms with Gasteiger partial charge in [0, 0.05) is 9.50 Å². The molecule has 0 heterocycles. The van der Waals surface area contributed by atoms with Gasteiger partial charge < -0.3 is 0 Å². The zero-order valence-corrected chi connectivity index (χ0v) is 14.8. The Morgan fingerprint density at radius 1 is 0.947 bits per heavy atom. The molecule has 3 heteroatoms. The topological polar surface area (TPSA) is 0 Å². The lowest BCUT2D eigenvalue weighted by Crippen LogP contribution is -1.95. The van der Waals surface area contributed by atoms with E-state index in [1.807, 2.05) is 18.2 Å². The van der Waals surface area contributed by atoms with Gasteiger partial charge in [-0.05, 0) is 40.8 Å². The van der Waals surface area contributed by atoms with Gasteiger partial charge in [-0.3, -0.25) is 0 Å². The molecule has 2 rings (SSSR count). The van der Waals surface area contributed by atoms with Crippen LogP contribution in [0.2, 0.25) is 5.02 Å². The summed E-state index contributed by atoms with van der Waals surface area (Å²) in [6, 6.07) is 14.6. The van der Waals surface area contributed by atoms with E-state index in [9.17, 15) is 0 Å². The molecule has 0 fully saturated rings. The molecule has 0 aliphatic heterocycles. The Balaban J connectivity index is 2.33. The molecule has 0 radical (unpaired) electrons. The zero-order valence-electron chi connectivity index (χ0n) is 10.8. The molecule has 0 aromatic heterocycles. The molecule has 0 N–H and O–H groups in total. The highest BCUT2D eigenvalue weighted by Crippen LogP contribution is 2.37. The summed E-state index contributed by atoms with van der Waals surface area (Å²) < 4.78 is 1.06. The van der Waals surface area contributed by atoms with Crippen LogP contribution in [-0.2, 0) is 0 Å². The maximum absolute atomic E-state index is 6.07. The number of benzene rings is 2. The second-order valence-electron chi connectivity index (χ2n) is 4.85. The summed E-state index contributed by atoms with van der Waals surface area (Å²) in [7, 11) is 0. The molecule has 0 aliphatic rings. The first-order valence-electron chi connectivity index (χ1n) is 6.18. The van der Waals surface area contributed by atoms with Crippen molar-refractivity contribution in [2.75, 3.05) is 0 Å². The molecule has 2 aromatic rings. The van der Waals surface area contributed by atoms with Gasteiger partial charge in [0.1, 0.15) is 0 Å². The van der Waals surface area contributed by atoms with Crippen molar-refractivity contribution in [3.8, 4) is 0 Å². The highest BCUT2D eigenvalue weighted by Gasteiger charge is 2.14. The summed E-state index contributed by atoms with van der Waals surface area (Å²) >= 11 is 13.4. The number of hydrogen-bond acceptors (Lipinski definition) is 0. The molecule has 0 bridgehead atoms. The van der Waals surface area contributed by atoms with E-state index >= 15 is 0 Å². The Bertz CT molecular complexity index is 561. The van der Waals surface area contributed by atoms with E-state index in [2.05, 4.69) is 70.0 Å². The van der Waals surface area contributed by atoms with E-state index in [0.717, 1.165) is 15.1 Å². The van der Waals surface area contributed by atoms with Crippen molar-refractivity contribution < 1.29 is 0 Å². The highest BCUT2D eigenvalue weighted by atomic mass is 79.9. The monoisotopic (exact) mass is 400 g/mol. The molecule has 0 nitrogen and oxygen atoms in total. The lowest BCUT2D eigenvalue weighted by atomic mass is 9.99. The first-order valence-corrected chi connectivity index (χ1v) is 8.26. The maximum Gasteiger partial charge on any atom is 0.0656 e. The minimum atomic E-state index is 0.141. The van der Waals surface area contributed by atoms with Crippen LogP contribution in [0.15, 0.2) is 46.9 Å². The van der Waals surface area contributed by atoms with Crippen molar-refractivity contribution >= 4 is 43.5 Å². The summed E-state index contributed by atoms with van der Waals surface area (Å²) in [5.41, 5.74) is 3.73. The standard InChI is InChI=1S/C16H15Br2Cl/c1-10(2)11-3-5-12(6-4-11)16(18)14-9-13(19)7-8-15(14)17/h3-10,16H,1-2H3. The molecule has 2 aromatic carbocycles. The fourth-order valence-corrected chi connectivity index (χ4v) is 3.59. The quantitative estimate of drug-likeness (QED) is 0.501. The summed E-state index contributed by atoms with van der Waals surface area (Å²) in [5, 5.41) is 0.751. The van der Waals surface area contributed by atoms with Gasteiger partial charge in [-0.1, -0.05) is 81.6 Å². The van der Waals surface area contributed by atoms with Crippen LogP contribution in [0.25, 0.3) is 0 Å². The minimum absolute atomic E-state index is 0.141. The third kappa shape index (κ3) is 3.62. The van der Waals surface area contributed by atoms with E-state index in [0.29, 0.717) is 5.92 Å². The third-order valence-corrected chi connectivity index (χ3v) is 5.11. The van der Waals surface area contributed by atoms with E-state index in [4.69, 9.17) is 11.6 Å². The van der Waals surface area contributed by atoms with Gasteiger partial charge in [-0.15, -0.1) is 0 Å². The summed E-state index contributed by atoms with van der Waals surface area (Å²) in [6.07, 6.45) is 0. The summed E-state index contributed by atoms with van der Waals surface area (Å²) in [6.45, 7) is 4.41. The lowest BCUT2D eigenvalue weighted by molar-refractivity contribution is 0.865. The van der Waals surface area contributed by atoms with Gasteiger partial charge in [-0.2, -0.15) is 0 Å². The Labute approximate surface area is 136 Å². The van der Waals surface area contributed by atoms with Crippen molar-refractivity contribution in [1.82, 2.24) is 0 Å². The van der Waals surface area contributed by atoms with Crippen molar-refractivity contribution in [2.45, 2.75) is 24.6 Å². The van der Waals surface area contributed by atoms with E-state index in [1.165, 1.54) is 11.1 Å². The Hall–Kier alpha value is -0.310. The normalized spacial score (nSPS) is 12.7. The first-order chi connectivity index (χ1) is 8.99. The molecule has 0 saturated carbocycles. The fourth-order valence-electron chi connectivity index (χ4n) is 1.94. The molecule has 0 amide bonds. The van der Waals surface area contributed by atoms with Gasteiger partial charge >= 0.3 is 0 Å². The molecule has 0 spiro atoms. The average molecular weight is 403 g/mol. The predicted octanol–water partition coefficient (Wildman–Crippen LogP) is 6.71. The van der Waals surface area contributed by atoms with Crippen LogP contribution in [-0.4, -0.2) is 0 Å². The summed E-state index contributed by atoms with van der Waals surface area (Å²) in [4.78, 5) is 0.141. The van der Waals surface area contributed by atoms with Gasteiger partial charge in [0.15, 0.2) is 0 Å². The highest BCUT2D eigenvalue weighted by molar-refractivity contribution is 9.11. The van der Waals surface area contributed by atoms with Gasteiger partial charge in [0.05, 0.1) is 4.83 Å². The van der Waals surface area contributed by atoms with Crippen LogP contribution in [0.5, 0.6) is 0 Å². The number of rotatable bonds is 3. The van der Waals surface area contributed by atoms with Crippen LogP contribution in [0.3, 0.4) is 0 Å². The smallest absolute Gasteiger partial charge is 0.0656 e. The van der Waals surface area contributed by atoms with Crippen molar-refractivity contribution in [3.05, 3.63) is 68.7 Å². The lowest BCUT2D eigenvalue weighted by Gasteiger charge is -2.14. The largest absolute Gasteiger partial charge is 0.0843 e. The number of halogens is 3. The molecular formula is C16H15Br2Cl. The Morgan fingerprint density at radius 2 is 1.53 bits per heavy atom. The molecule has 0 aliphatic carbocycles. The van der Waals surface area contributed by atoms with Gasteiger partial charge in [-0.25, -0.2) is 0 Å². The van der Waals surface area contributed by atoms with Crippen LogP contribution in [0.4, 0.5) is 0 Å². The van der Waals surface area contributed by atoms with E-state index < -0.39 is 0 Å². The molecule has 100 valence electrons. The van der Waals surface area contributed by atoms with Crippen LogP contribution in [0.1, 0.15) is 41.3 Å². The second-order valence-corrected chi connectivity index (χ2v) is 7.06. The minimum Gasteiger partial charge on any atom is -0.0843 e. The molecule has 1 atom stereocenters. The predicted molar refractivity (Wildman–Crippen MR) is 90.5 cm³/mol. The van der Waals surface area contributed by atoms with Crippen LogP contribution in [0, 0.1) is 0 Å². The Morgan fingerprint density at radius 3 is 2.11 bits per heavy atom. The number of hydrogen-bond donors (Lipinski definition) is 0. The molecular weight excluding hydrogens is 387 g/mol. The first kappa shape index (κ1) is 15.1. The van der Waals surface area contributed by atoms with E-state index in [-0.39, 0.29) is 4.83 Å². The second kappa shape index (κ2) is 6.43. The number of alkyl halides is 1. The molecule has 1 unspecified atom stereocenters. The molecule has 0 saturated heterocycles. The zero-order chi connectivity index (χ0) is 14.0. The average Bonchev–Trinajstić information content (AvgIpc) is 2.41. The van der Waals surface area contributed by atoms with Crippen LogP contribution < -0.4 is 0 Å². The van der Waals surface area contributed by atoms with Crippen molar-refractivity contribution in [1.29, 1.82) is 0 Å².